The highest BCUT2D eigenvalue weighted by Crippen LogP contribution is 2.29. The monoisotopic (exact) mass is 289 g/mol. The third kappa shape index (κ3) is 2.48. The maximum Gasteiger partial charge on any atom is 0.181 e. The van der Waals surface area contributed by atoms with Crippen LogP contribution in [-0.2, 0) is 0 Å². The van der Waals surface area contributed by atoms with E-state index in [0.29, 0.717) is 21.7 Å². The van der Waals surface area contributed by atoms with Gasteiger partial charge in [-0.15, -0.1) is 0 Å². The number of benzene rings is 2. The normalized spacial score (nSPS) is 10.6. The largest absolute Gasteiger partial charge is 0.259 e. The molecule has 3 aromatic rings. The predicted octanol–water partition coefficient (Wildman–Crippen LogP) is 4.45. The summed E-state index contributed by atoms with van der Waals surface area (Å²) in [4.78, 5) is 4.45. The SMILES string of the molecule is Clc1ccc(-c2nc(-c3ccccc3)n[nH]2)c(Cl)c1. The van der Waals surface area contributed by atoms with Gasteiger partial charge >= 0.3 is 0 Å². The van der Waals surface area contributed by atoms with Crippen LogP contribution in [0.25, 0.3) is 22.8 Å². The molecule has 0 amide bonds. The van der Waals surface area contributed by atoms with Gasteiger partial charge in [-0.05, 0) is 18.2 Å². The lowest BCUT2D eigenvalue weighted by Crippen LogP contribution is -1.82. The molecule has 3 nitrogen and oxygen atoms in total. The molecule has 1 aromatic heterocycles. The van der Waals surface area contributed by atoms with Gasteiger partial charge in [-0.25, -0.2) is 4.98 Å². The van der Waals surface area contributed by atoms with Crippen LogP contribution >= 0.6 is 23.2 Å². The Bertz CT molecular complexity index is 708. The van der Waals surface area contributed by atoms with Crippen molar-refractivity contribution >= 4 is 23.2 Å². The topological polar surface area (TPSA) is 41.6 Å². The minimum absolute atomic E-state index is 0.545. The molecule has 0 aliphatic rings. The zero-order valence-corrected chi connectivity index (χ0v) is 11.3. The third-order valence-corrected chi connectivity index (χ3v) is 3.25. The first-order valence-electron chi connectivity index (χ1n) is 5.67. The number of aromatic amines is 1. The molecule has 0 saturated heterocycles. The molecule has 19 heavy (non-hydrogen) atoms. The van der Waals surface area contributed by atoms with E-state index in [1.807, 2.05) is 36.4 Å². The molecule has 1 heterocycles. The molecule has 0 radical (unpaired) electrons. The van der Waals surface area contributed by atoms with Gasteiger partial charge in [-0.2, -0.15) is 5.10 Å². The second-order valence-electron chi connectivity index (χ2n) is 4.00. The van der Waals surface area contributed by atoms with Crippen molar-refractivity contribution in [1.82, 2.24) is 15.2 Å². The molecule has 0 fully saturated rings. The van der Waals surface area contributed by atoms with E-state index >= 15 is 0 Å². The summed E-state index contributed by atoms with van der Waals surface area (Å²) in [5.41, 5.74) is 1.73. The second kappa shape index (κ2) is 5.03. The summed E-state index contributed by atoms with van der Waals surface area (Å²) < 4.78 is 0. The van der Waals surface area contributed by atoms with Crippen LogP contribution in [0.3, 0.4) is 0 Å². The van der Waals surface area contributed by atoms with Gasteiger partial charge < -0.3 is 0 Å². The van der Waals surface area contributed by atoms with Crippen LogP contribution in [0.1, 0.15) is 0 Å². The van der Waals surface area contributed by atoms with Gasteiger partial charge in [0.05, 0.1) is 5.02 Å². The Morgan fingerprint density at radius 1 is 0.947 bits per heavy atom. The summed E-state index contributed by atoms with van der Waals surface area (Å²) in [6.45, 7) is 0. The van der Waals surface area contributed by atoms with Crippen molar-refractivity contribution in [1.29, 1.82) is 0 Å². The summed E-state index contributed by atoms with van der Waals surface area (Å²) in [5.74, 6) is 1.27. The van der Waals surface area contributed by atoms with Gasteiger partial charge in [0, 0.05) is 16.1 Å². The van der Waals surface area contributed by atoms with E-state index in [2.05, 4.69) is 15.2 Å². The molecule has 0 unspecified atom stereocenters. The van der Waals surface area contributed by atoms with Gasteiger partial charge in [-0.3, -0.25) is 5.10 Å². The Kier molecular flexibility index (Phi) is 3.23. The van der Waals surface area contributed by atoms with Crippen molar-refractivity contribution < 1.29 is 0 Å². The maximum absolute atomic E-state index is 6.15. The Hall–Kier alpha value is -1.84. The zero-order chi connectivity index (χ0) is 13.2. The maximum atomic E-state index is 6.15. The standard InChI is InChI=1S/C14H9Cl2N3/c15-10-6-7-11(12(16)8-10)14-17-13(18-19-14)9-4-2-1-3-5-9/h1-8H,(H,17,18,19). The zero-order valence-electron chi connectivity index (χ0n) is 9.77. The Morgan fingerprint density at radius 3 is 2.47 bits per heavy atom. The predicted molar refractivity (Wildman–Crippen MR) is 77.3 cm³/mol. The van der Waals surface area contributed by atoms with Gasteiger partial charge in [0.1, 0.15) is 0 Å². The first-order chi connectivity index (χ1) is 9.24. The number of nitrogens with one attached hydrogen (secondary N) is 1. The van der Waals surface area contributed by atoms with Crippen LogP contribution in [0.2, 0.25) is 10.0 Å². The number of aromatic nitrogens is 3. The Labute approximate surface area is 120 Å². The van der Waals surface area contributed by atoms with Crippen LogP contribution in [0.4, 0.5) is 0 Å². The minimum atomic E-state index is 0.545. The fraction of sp³-hybridized carbons (Fsp3) is 0. The molecule has 0 atom stereocenters. The fourth-order valence-electron chi connectivity index (χ4n) is 1.78. The average molecular weight is 290 g/mol. The number of H-pyrrole nitrogens is 1. The summed E-state index contributed by atoms with van der Waals surface area (Å²) >= 11 is 12.0. The number of hydrogen-bond donors (Lipinski definition) is 1. The molecule has 94 valence electrons. The minimum Gasteiger partial charge on any atom is -0.259 e. The smallest absolute Gasteiger partial charge is 0.181 e. The number of nitrogens with zero attached hydrogens (tertiary/aromatic N) is 2. The molecule has 0 aliphatic carbocycles. The lowest BCUT2D eigenvalue weighted by atomic mass is 10.2. The molecule has 0 bridgehead atoms. The van der Waals surface area contributed by atoms with E-state index in [1.165, 1.54) is 0 Å². The van der Waals surface area contributed by atoms with Crippen LogP contribution in [0.5, 0.6) is 0 Å². The van der Waals surface area contributed by atoms with E-state index < -0.39 is 0 Å². The molecule has 5 heteroatoms. The number of halogens is 2. The van der Waals surface area contributed by atoms with Gasteiger partial charge in [0.2, 0.25) is 0 Å². The van der Waals surface area contributed by atoms with E-state index in [4.69, 9.17) is 23.2 Å². The van der Waals surface area contributed by atoms with E-state index in [-0.39, 0.29) is 0 Å². The van der Waals surface area contributed by atoms with Gasteiger partial charge in [0.15, 0.2) is 11.6 Å². The van der Waals surface area contributed by atoms with E-state index in [1.54, 1.807) is 12.1 Å². The molecule has 0 aliphatic heterocycles. The third-order valence-electron chi connectivity index (χ3n) is 2.70. The average Bonchev–Trinajstić information content (AvgIpc) is 2.89. The van der Waals surface area contributed by atoms with Crippen molar-refractivity contribution in [2.24, 2.45) is 0 Å². The Balaban J connectivity index is 2.02. The molecule has 0 spiro atoms. The van der Waals surface area contributed by atoms with Crippen LogP contribution in [-0.4, -0.2) is 15.2 Å². The molecule has 0 saturated carbocycles. The lowest BCUT2D eigenvalue weighted by molar-refractivity contribution is 1.10. The highest BCUT2D eigenvalue weighted by molar-refractivity contribution is 6.36. The fourth-order valence-corrected chi connectivity index (χ4v) is 2.28. The summed E-state index contributed by atoms with van der Waals surface area (Å²) in [6.07, 6.45) is 0. The first-order valence-corrected chi connectivity index (χ1v) is 6.43. The Morgan fingerprint density at radius 2 is 1.74 bits per heavy atom. The van der Waals surface area contributed by atoms with Crippen LogP contribution < -0.4 is 0 Å². The van der Waals surface area contributed by atoms with Crippen LogP contribution in [0.15, 0.2) is 48.5 Å². The molecule has 1 N–H and O–H groups in total. The summed E-state index contributed by atoms with van der Waals surface area (Å²) in [5, 5.41) is 8.23. The van der Waals surface area contributed by atoms with Gasteiger partial charge in [-0.1, -0.05) is 53.5 Å². The number of hydrogen-bond acceptors (Lipinski definition) is 2. The van der Waals surface area contributed by atoms with Crippen molar-refractivity contribution in [2.45, 2.75) is 0 Å². The highest BCUT2D eigenvalue weighted by atomic mass is 35.5. The van der Waals surface area contributed by atoms with E-state index in [0.717, 1.165) is 11.1 Å². The summed E-state index contributed by atoms with van der Waals surface area (Å²) in [7, 11) is 0. The van der Waals surface area contributed by atoms with Crippen molar-refractivity contribution in [3.05, 3.63) is 58.6 Å². The van der Waals surface area contributed by atoms with E-state index in [9.17, 15) is 0 Å². The molecular formula is C14H9Cl2N3. The quantitative estimate of drug-likeness (QED) is 0.757. The summed E-state index contributed by atoms with van der Waals surface area (Å²) in [6, 6.07) is 15.0. The molecule has 2 aromatic carbocycles. The first kappa shape index (κ1) is 12.2. The molecule has 3 rings (SSSR count). The van der Waals surface area contributed by atoms with Crippen molar-refractivity contribution in [3.8, 4) is 22.8 Å². The lowest BCUT2D eigenvalue weighted by Gasteiger charge is -1.99. The van der Waals surface area contributed by atoms with Crippen LogP contribution in [0, 0.1) is 0 Å². The van der Waals surface area contributed by atoms with Crippen molar-refractivity contribution in [3.63, 3.8) is 0 Å². The highest BCUT2D eigenvalue weighted by Gasteiger charge is 2.10. The molecular weight excluding hydrogens is 281 g/mol. The second-order valence-corrected chi connectivity index (χ2v) is 4.84. The van der Waals surface area contributed by atoms with Gasteiger partial charge in [0.25, 0.3) is 0 Å². The van der Waals surface area contributed by atoms with Crippen molar-refractivity contribution in [2.75, 3.05) is 0 Å². The number of rotatable bonds is 2.